The topological polar surface area (TPSA) is 226 Å². The highest BCUT2D eigenvalue weighted by Gasteiger charge is 2.62. The normalized spacial score (nSPS) is 31.4. The van der Waals surface area contributed by atoms with Crippen molar-refractivity contribution in [1.29, 1.82) is 0 Å². The Morgan fingerprint density at radius 1 is 0.714 bits per heavy atom. The number of aromatic nitrogens is 3. The van der Waals surface area contributed by atoms with E-state index in [1.54, 1.807) is 12.4 Å². The van der Waals surface area contributed by atoms with E-state index in [-0.39, 0.29) is 25.0 Å². The fourth-order valence-electron chi connectivity index (χ4n) is 10.5. The minimum absolute atomic E-state index is 0.0261. The highest BCUT2D eigenvalue weighted by molar-refractivity contribution is 6.68. The van der Waals surface area contributed by atoms with Crippen LogP contribution in [0.4, 0.5) is 11.6 Å². The second kappa shape index (κ2) is 14.9. The maximum absolute atomic E-state index is 12.1. The molecule has 0 saturated heterocycles. The third-order valence-corrected chi connectivity index (χ3v) is 17.0. The van der Waals surface area contributed by atoms with Gasteiger partial charge in [-0.05, 0) is 113 Å². The van der Waals surface area contributed by atoms with E-state index in [9.17, 15) is 19.8 Å². The van der Waals surface area contributed by atoms with E-state index < -0.39 is 38.8 Å². The number of rotatable bonds is 8. The van der Waals surface area contributed by atoms with Crippen molar-refractivity contribution in [3.63, 3.8) is 0 Å². The maximum atomic E-state index is 12.1. The molecule has 9 aliphatic rings. The van der Waals surface area contributed by atoms with Crippen LogP contribution in [0.3, 0.4) is 0 Å². The summed E-state index contributed by atoms with van der Waals surface area (Å²) in [6.45, 7) is 0.497. The van der Waals surface area contributed by atoms with Crippen LogP contribution in [0, 0.1) is 23.7 Å². The largest absolute Gasteiger partial charge is 0.599 e. The first kappa shape index (κ1) is 38.4. The molecule has 320 valence electrons. The van der Waals surface area contributed by atoms with E-state index in [4.69, 9.17) is 53.8 Å². The molecule has 3 aromatic heterocycles. The van der Waals surface area contributed by atoms with Crippen molar-refractivity contribution in [2.45, 2.75) is 83.2 Å². The molecule has 2 saturated carbocycles. The first-order valence-corrected chi connectivity index (χ1v) is 23.8. The summed E-state index contributed by atoms with van der Waals surface area (Å²) in [7, 11) is -4.38. The Hall–Kier alpha value is -6.31. The van der Waals surface area contributed by atoms with Gasteiger partial charge in [-0.1, -0.05) is 0 Å². The third-order valence-electron chi connectivity index (χ3n) is 13.9. The Balaban J connectivity index is 1.15. The van der Waals surface area contributed by atoms with Crippen LogP contribution in [0.2, 0.25) is 0 Å². The van der Waals surface area contributed by atoms with Crippen molar-refractivity contribution in [2.75, 3.05) is 13.2 Å². The summed E-state index contributed by atoms with van der Waals surface area (Å²) in [5, 5.41) is 24.4. The second-order valence-electron chi connectivity index (χ2n) is 17.6. The lowest BCUT2D eigenvalue weighted by Crippen LogP contribution is -2.68. The van der Waals surface area contributed by atoms with E-state index in [2.05, 4.69) is 9.88 Å². The zero-order valence-corrected chi connectivity index (χ0v) is 35.4. The number of carbonyl (C=O) groups is 2. The summed E-state index contributed by atoms with van der Waals surface area (Å²) >= 11 is 0. The van der Waals surface area contributed by atoms with Crippen LogP contribution in [-0.2, 0) is 18.4 Å². The summed E-state index contributed by atoms with van der Waals surface area (Å²) in [5.74, 6) is 1.17. The standard InChI is InChI=1S/C44H44N12O6Si/c57-43(58)25-13-9-23(10-14-25)21-61-63(62-22-24-11-15-26(16-12-24)44(59)60)55-40-29-7-3-19-47-33(29)41(55)51-35-27-5-1-17-45-31(27)37(49-35)53-39-30-8-4-20-48-34(30)42(56(39)63)52-36-28-6-2-18-46-32(28)38(50-36)54-40/h3-4,7-8,17-20,23-26,41H,1-2,5-6,9-16,21-22H2,(H,57,58)(H,59,60)(H,49,51,53)/b52-36-,54-40-. The van der Waals surface area contributed by atoms with Crippen molar-refractivity contribution in [3.05, 3.63) is 70.5 Å². The number of fused-ring (bicyclic) bond motifs is 12. The third kappa shape index (κ3) is 6.14. The number of nitrogens with zero attached hydrogens (tertiary/aromatic N) is 11. The number of nitrogens with one attached hydrogen (secondary N) is 1. The first-order valence-electron chi connectivity index (χ1n) is 22.1. The Morgan fingerprint density at radius 2 is 1.33 bits per heavy atom. The average molecular weight is 865 g/mol. The van der Waals surface area contributed by atoms with Gasteiger partial charge < -0.3 is 24.4 Å². The number of aliphatic imine (C=N–C) groups is 7. The van der Waals surface area contributed by atoms with Crippen molar-refractivity contribution in [2.24, 2.45) is 58.6 Å². The van der Waals surface area contributed by atoms with Gasteiger partial charge in [0.15, 0.2) is 23.3 Å². The van der Waals surface area contributed by atoms with Crippen LogP contribution in [-0.4, -0.2) is 105 Å². The van der Waals surface area contributed by atoms with E-state index >= 15 is 0 Å². The number of hydrogen-bond donors (Lipinski definition) is 3. The number of hydrogen-bond acceptors (Lipinski definition) is 15. The number of aliphatic carboxylic acids is 2. The summed E-state index contributed by atoms with van der Waals surface area (Å²) in [5.41, 5.74) is 5.20. The van der Waals surface area contributed by atoms with Gasteiger partial charge in [-0.25, -0.2) is 25.0 Å². The molecule has 2 fully saturated rings. The van der Waals surface area contributed by atoms with Gasteiger partial charge in [0.2, 0.25) is 0 Å². The van der Waals surface area contributed by atoms with E-state index in [1.807, 2.05) is 40.9 Å². The molecule has 0 aromatic carbocycles. The number of amidine groups is 5. The van der Waals surface area contributed by atoms with Crippen LogP contribution < -0.4 is 5.32 Å². The van der Waals surface area contributed by atoms with Gasteiger partial charge in [-0.3, -0.25) is 38.3 Å². The molecule has 6 bridgehead atoms. The molecule has 10 heterocycles. The van der Waals surface area contributed by atoms with Crippen LogP contribution in [0.15, 0.2) is 94.1 Å². The minimum Gasteiger partial charge on any atom is -0.481 e. The number of carboxylic acid groups (broad SMARTS) is 2. The Kier molecular flexibility index (Phi) is 9.08. The zero-order valence-electron chi connectivity index (χ0n) is 34.4. The summed E-state index contributed by atoms with van der Waals surface area (Å²) in [4.78, 5) is 70.7. The average Bonchev–Trinajstić information content (AvgIpc) is 4.03. The molecule has 2 aliphatic carbocycles. The highest BCUT2D eigenvalue weighted by atomic mass is 28.4. The van der Waals surface area contributed by atoms with Crippen molar-refractivity contribution in [1.82, 2.24) is 24.1 Å². The minimum atomic E-state index is -4.38. The Bertz CT molecular complexity index is 2760. The molecule has 12 rings (SSSR count). The fraction of sp³-hybridized carbons (Fsp3) is 0.432. The maximum Gasteiger partial charge on any atom is 0.599 e. The second-order valence-corrected chi connectivity index (χ2v) is 20.2. The molecule has 63 heavy (non-hydrogen) atoms. The predicted octanol–water partition coefficient (Wildman–Crippen LogP) is 6.03. The van der Waals surface area contributed by atoms with E-state index in [0.717, 1.165) is 29.6 Å². The molecule has 0 amide bonds. The number of pyridine rings is 2. The van der Waals surface area contributed by atoms with Gasteiger partial charge >= 0.3 is 20.8 Å². The van der Waals surface area contributed by atoms with E-state index in [1.165, 1.54) is 0 Å². The molecular weight excluding hydrogens is 821 g/mol. The monoisotopic (exact) mass is 864 g/mol. The SMILES string of the molecule is O=C(O)C1CCC(CO[Si]2(OCC3CCC(C(=O)O)CC3)N3/C4=N\C5=NC(=N\c6c7ncccc7c(n62)/N=C2\N=C(NC3c3ncccc34)C3=C2N=CCC3)/C2=C5N=CCC2)CC1. The first-order chi connectivity index (χ1) is 30.8. The molecule has 7 aliphatic heterocycles. The molecular formula is C44H44N12O6Si. The van der Waals surface area contributed by atoms with Crippen LogP contribution >= 0.6 is 0 Å². The molecule has 1 unspecified atom stereocenters. The van der Waals surface area contributed by atoms with Gasteiger partial charge in [-0.2, -0.15) is 0 Å². The summed E-state index contributed by atoms with van der Waals surface area (Å²) in [6, 6.07) is 7.77. The van der Waals surface area contributed by atoms with Gasteiger partial charge in [0, 0.05) is 60.1 Å². The lowest BCUT2D eigenvalue weighted by atomic mass is 9.82. The lowest BCUT2D eigenvalue weighted by molar-refractivity contribution is -0.144. The highest BCUT2D eigenvalue weighted by Crippen LogP contribution is 2.49. The summed E-state index contributed by atoms with van der Waals surface area (Å²) < 4.78 is 19.6. The van der Waals surface area contributed by atoms with E-state index in [0.29, 0.717) is 133 Å². The Morgan fingerprint density at radius 3 is 2.03 bits per heavy atom. The van der Waals surface area contributed by atoms with Crippen LogP contribution in [0.5, 0.6) is 0 Å². The smallest absolute Gasteiger partial charge is 0.481 e. The quantitative estimate of drug-likeness (QED) is 0.223. The molecule has 18 nitrogen and oxygen atoms in total. The zero-order chi connectivity index (χ0) is 42.4. The van der Waals surface area contributed by atoms with Crippen LogP contribution in [0.1, 0.15) is 94.5 Å². The van der Waals surface area contributed by atoms with Gasteiger partial charge in [0.25, 0.3) is 0 Å². The van der Waals surface area contributed by atoms with Crippen molar-refractivity contribution in [3.8, 4) is 0 Å². The van der Waals surface area contributed by atoms with Gasteiger partial charge in [0.1, 0.15) is 40.6 Å². The molecule has 3 aromatic rings. The summed E-state index contributed by atoms with van der Waals surface area (Å²) in [6.07, 6.45) is 14.3. The molecule has 0 spiro atoms. The molecule has 19 heteroatoms. The fourth-order valence-corrected chi connectivity index (χ4v) is 14.1. The predicted molar refractivity (Wildman–Crippen MR) is 236 cm³/mol. The molecule has 0 radical (unpaired) electrons. The van der Waals surface area contributed by atoms with Gasteiger partial charge in [-0.15, -0.1) is 0 Å². The van der Waals surface area contributed by atoms with Crippen molar-refractivity contribution < 1.29 is 28.7 Å². The Labute approximate surface area is 362 Å². The van der Waals surface area contributed by atoms with Crippen LogP contribution in [0.25, 0.3) is 10.9 Å². The molecule has 1 atom stereocenters. The van der Waals surface area contributed by atoms with Gasteiger partial charge in [0.05, 0.1) is 17.5 Å². The lowest BCUT2D eigenvalue weighted by Gasteiger charge is -2.44. The number of carboxylic acids is 2. The molecule has 3 N–H and O–H groups in total. The van der Waals surface area contributed by atoms with Crippen molar-refractivity contribution >= 4 is 85.0 Å².